The number of anilines is 2. The normalized spacial score (nSPS) is 16.8. The van der Waals surface area contributed by atoms with Crippen LogP contribution in [0.25, 0.3) is 0 Å². The number of fused-ring (bicyclic) bond motifs is 2. The van der Waals surface area contributed by atoms with E-state index < -0.39 is 11.7 Å². The minimum atomic E-state index is -4.44. The molecule has 0 bridgehead atoms. The third-order valence-electron chi connectivity index (χ3n) is 5.30. The molecule has 2 aliphatic rings. The Morgan fingerprint density at radius 2 is 1.73 bits per heavy atom. The Morgan fingerprint density at radius 1 is 1.07 bits per heavy atom. The van der Waals surface area contributed by atoms with Crippen molar-refractivity contribution in [2.75, 3.05) is 45.1 Å². The number of hydrogen-bond donors (Lipinski definition) is 2. The monoisotopic (exact) mass is 420 g/mol. The molecule has 0 aromatic heterocycles. The second-order valence-corrected chi connectivity index (χ2v) is 7.62. The molecule has 2 aromatic carbocycles. The summed E-state index contributed by atoms with van der Waals surface area (Å²) in [6, 6.07) is 8.72. The van der Waals surface area contributed by atoms with Crippen molar-refractivity contribution in [1.82, 2.24) is 15.1 Å². The smallest absolute Gasteiger partial charge is 0.416 e. The van der Waals surface area contributed by atoms with Gasteiger partial charge in [0.2, 0.25) is 5.91 Å². The first-order valence-corrected chi connectivity index (χ1v) is 9.74. The molecule has 30 heavy (non-hydrogen) atoms. The fourth-order valence-electron chi connectivity index (χ4n) is 3.48. The minimum absolute atomic E-state index is 0.0588. The van der Waals surface area contributed by atoms with Crippen LogP contribution in [0.2, 0.25) is 0 Å². The highest BCUT2D eigenvalue weighted by Crippen LogP contribution is 2.44. The van der Waals surface area contributed by atoms with Crippen molar-refractivity contribution in [3.63, 3.8) is 0 Å². The van der Waals surface area contributed by atoms with Crippen molar-refractivity contribution in [3.8, 4) is 11.5 Å². The maximum absolute atomic E-state index is 13.0. The SMILES string of the molecule is CN1CCN(CC(=O)NCc2ccc3c(c2)Oc2cc(C(F)(F)F)ccc2N3)CC1. The fraction of sp³-hybridized carbons (Fsp3) is 0.381. The summed E-state index contributed by atoms with van der Waals surface area (Å²) >= 11 is 0. The zero-order valence-corrected chi connectivity index (χ0v) is 16.6. The lowest BCUT2D eigenvalue weighted by atomic mass is 10.1. The standard InChI is InChI=1S/C21H23F3N4O2/c1-27-6-8-28(9-7-27)13-20(29)25-12-14-2-4-16-18(10-14)30-19-11-15(21(22,23)24)3-5-17(19)26-16/h2-5,10-11,26H,6-9,12-13H2,1H3,(H,25,29). The van der Waals surface area contributed by atoms with Crippen LogP contribution in [0.1, 0.15) is 11.1 Å². The summed E-state index contributed by atoms with van der Waals surface area (Å²) in [6.45, 7) is 4.28. The summed E-state index contributed by atoms with van der Waals surface area (Å²) < 4.78 is 44.6. The molecule has 2 aliphatic heterocycles. The topological polar surface area (TPSA) is 56.8 Å². The highest BCUT2D eigenvalue weighted by atomic mass is 19.4. The summed E-state index contributed by atoms with van der Waals surface area (Å²) in [5, 5.41) is 5.97. The van der Waals surface area contributed by atoms with Gasteiger partial charge in [-0.2, -0.15) is 13.2 Å². The van der Waals surface area contributed by atoms with Gasteiger partial charge in [0, 0.05) is 32.7 Å². The van der Waals surface area contributed by atoms with Gasteiger partial charge in [0.25, 0.3) is 0 Å². The van der Waals surface area contributed by atoms with Crippen LogP contribution in [0.5, 0.6) is 11.5 Å². The van der Waals surface area contributed by atoms with Crippen LogP contribution in [0.15, 0.2) is 36.4 Å². The number of benzene rings is 2. The number of likely N-dealkylation sites (N-methyl/N-ethyl adjacent to an activating group) is 1. The van der Waals surface area contributed by atoms with Gasteiger partial charge in [0.05, 0.1) is 23.5 Å². The quantitative estimate of drug-likeness (QED) is 0.678. The summed E-state index contributed by atoms with van der Waals surface area (Å²) in [4.78, 5) is 16.6. The van der Waals surface area contributed by atoms with Gasteiger partial charge in [-0.1, -0.05) is 6.07 Å². The zero-order valence-electron chi connectivity index (χ0n) is 16.6. The van der Waals surface area contributed by atoms with Crippen molar-refractivity contribution < 1.29 is 22.7 Å². The third kappa shape index (κ3) is 4.68. The molecule has 6 nitrogen and oxygen atoms in total. The van der Waals surface area contributed by atoms with E-state index in [1.54, 1.807) is 12.1 Å². The van der Waals surface area contributed by atoms with E-state index in [1.165, 1.54) is 6.07 Å². The molecule has 2 N–H and O–H groups in total. The van der Waals surface area contributed by atoms with Crippen LogP contribution in [-0.2, 0) is 17.5 Å². The van der Waals surface area contributed by atoms with E-state index >= 15 is 0 Å². The van der Waals surface area contributed by atoms with Crippen LogP contribution in [0.4, 0.5) is 24.5 Å². The molecule has 2 heterocycles. The van der Waals surface area contributed by atoms with Crippen LogP contribution in [-0.4, -0.2) is 55.5 Å². The van der Waals surface area contributed by atoms with E-state index in [4.69, 9.17) is 4.74 Å². The van der Waals surface area contributed by atoms with E-state index in [1.807, 2.05) is 6.07 Å². The molecule has 0 unspecified atom stereocenters. The Morgan fingerprint density at radius 3 is 2.43 bits per heavy atom. The first-order chi connectivity index (χ1) is 14.3. The molecule has 1 saturated heterocycles. The average molecular weight is 420 g/mol. The highest BCUT2D eigenvalue weighted by Gasteiger charge is 2.32. The first-order valence-electron chi connectivity index (χ1n) is 9.74. The average Bonchev–Trinajstić information content (AvgIpc) is 2.71. The van der Waals surface area contributed by atoms with Crippen LogP contribution >= 0.6 is 0 Å². The van der Waals surface area contributed by atoms with Crippen LogP contribution in [0, 0.1) is 0 Å². The number of ether oxygens (including phenoxy) is 1. The molecule has 0 spiro atoms. The predicted octanol–water partition coefficient (Wildman–Crippen LogP) is 3.42. The first kappa shape index (κ1) is 20.5. The van der Waals surface area contributed by atoms with Gasteiger partial charge in [-0.3, -0.25) is 9.69 Å². The molecular weight excluding hydrogens is 397 g/mol. The maximum atomic E-state index is 13.0. The van der Waals surface area contributed by atoms with Crippen molar-refractivity contribution in [1.29, 1.82) is 0 Å². The number of nitrogens with one attached hydrogen (secondary N) is 2. The molecule has 0 atom stereocenters. The van der Waals surface area contributed by atoms with Crippen LogP contribution < -0.4 is 15.4 Å². The molecule has 1 amide bonds. The van der Waals surface area contributed by atoms with Gasteiger partial charge >= 0.3 is 6.18 Å². The Balaban J connectivity index is 1.38. The van der Waals surface area contributed by atoms with Crippen molar-refractivity contribution in [2.24, 2.45) is 0 Å². The summed E-state index contributed by atoms with van der Waals surface area (Å²) in [5.41, 5.74) is 1.18. The summed E-state index contributed by atoms with van der Waals surface area (Å²) in [5.74, 6) is 0.484. The van der Waals surface area contributed by atoms with Gasteiger partial charge in [-0.15, -0.1) is 0 Å². The third-order valence-corrected chi connectivity index (χ3v) is 5.30. The van der Waals surface area contributed by atoms with Gasteiger partial charge in [0.15, 0.2) is 11.5 Å². The van der Waals surface area contributed by atoms with Crippen molar-refractivity contribution >= 4 is 17.3 Å². The van der Waals surface area contributed by atoms with E-state index in [0.29, 0.717) is 30.2 Å². The van der Waals surface area contributed by atoms with Gasteiger partial charge in [0.1, 0.15) is 0 Å². The van der Waals surface area contributed by atoms with Gasteiger partial charge in [-0.25, -0.2) is 0 Å². The largest absolute Gasteiger partial charge is 0.453 e. The summed E-state index contributed by atoms with van der Waals surface area (Å²) in [6.07, 6.45) is -4.44. The molecule has 0 radical (unpaired) electrons. The zero-order chi connectivity index (χ0) is 21.3. The molecule has 2 aromatic rings. The number of carbonyl (C=O) groups excluding carboxylic acids is 1. The maximum Gasteiger partial charge on any atom is 0.416 e. The number of carbonyl (C=O) groups is 1. The second kappa shape index (κ2) is 8.16. The lowest BCUT2D eigenvalue weighted by Crippen LogP contribution is -2.48. The lowest BCUT2D eigenvalue weighted by molar-refractivity contribution is -0.137. The molecule has 4 rings (SSSR count). The number of amides is 1. The number of hydrogen-bond acceptors (Lipinski definition) is 5. The molecule has 160 valence electrons. The van der Waals surface area contributed by atoms with E-state index in [2.05, 4.69) is 27.5 Å². The van der Waals surface area contributed by atoms with Crippen LogP contribution in [0.3, 0.4) is 0 Å². The second-order valence-electron chi connectivity index (χ2n) is 7.62. The number of piperazine rings is 1. The summed E-state index contributed by atoms with van der Waals surface area (Å²) in [7, 11) is 2.06. The molecule has 0 saturated carbocycles. The van der Waals surface area contributed by atoms with E-state index in [9.17, 15) is 18.0 Å². The van der Waals surface area contributed by atoms with E-state index in [-0.39, 0.29) is 11.7 Å². The minimum Gasteiger partial charge on any atom is -0.453 e. The Labute approximate surface area is 172 Å². The highest BCUT2D eigenvalue weighted by molar-refractivity contribution is 5.78. The number of alkyl halides is 3. The molecular formula is C21H23F3N4O2. The van der Waals surface area contributed by atoms with Crippen molar-refractivity contribution in [3.05, 3.63) is 47.5 Å². The molecule has 1 fully saturated rings. The molecule has 9 heteroatoms. The number of halogens is 3. The Bertz CT molecular complexity index is 940. The van der Waals surface area contributed by atoms with E-state index in [0.717, 1.165) is 43.9 Å². The fourth-order valence-corrected chi connectivity index (χ4v) is 3.48. The van der Waals surface area contributed by atoms with Gasteiger partial charge < -0.3 is 20.3 Å². The Kier molecular flexibility index (Phi) is 5.57. The predicted molar refractivity (Wildman–Crippen MR) is 107 cm³/mol. The number of nitrogens with zero attached hydrogens (tertiary/aromatic N) is 2. The van der Waals surface area contributed by atoms with Gasteiger partial charge in [-0.05, 0) is 42.9 Å². The van der Waals surface area contributed by atoms with Crippen molar-refractivity contribution in [2.45, 2.75) is 12.7 Å². The number of rotatable bonds is 4. The Hall–Kier alpha value is -2.78. The molecule has 0 aliphatic carbocycles. The lowest BCUT2D eigenvalue weighted by Gasteiger charge is -2.31.